The highest BCUT2D eigenvalue weighted by atomic mass is 19.4. The van der Waals surface area contributed by atoms with Crippen LogP contribution < -0.4 is 11.3 Å². The first-order chi connectivity index (χ1) is 9.82. The van der Waals surface area contributed by atoms with E-state index < -0.39 is 23.6 Å². The van der Waals surface area contributed by atoms with E-state index in [0.29, 0.717) is 11.1 Å². The molecule has 1 atom stereocenters. The van der Waals surface area contributed by atoms with Crippen LogP contribution in [0.4, 0.5) is 17.6 Å². The number of benzene rings is 1. The first-order valence-corrected chi connectivity index (χ1v) is 6.08. The number of nitrogens with two attached hydrogens (primary N) is 1. The Kier molecular flexibility index (Phi) is 4.24. The molecule has 1 unspecified atom stereocenters. The van der Waals surface area contributed by atoms with Gasteiger partial charge < -0.3 is 0 Å². The van der Waals surface area contributed by atoms with Crippen LogP contribution in [0.2, 0.25) is 0 Å². The van der Waals surface area contributed by atoms with Crippen molar-refractivity contribution < 1.29 is 17.6 Å². The van der Waals surface area contributed by atoms with E-state index in [1.54, 1.807) is 19.1 Å². The van der Waals surface area contributed by atoms with E-state index in [9.17, 15) is 17.6 Å². The van der Waals surface area contributed by atoms with Crippen LogP contribution in [0.5, 0.6) is 0 Å². The van der Waals surface area contributed by atoms with Gasteiger partial charge in [0.05, 0.1) is 17.3 Å². The molecule has 0 spiro atoms. The van der Waals surface area contributed by atoms with Crippen molar-refractivity contribution in [2.24, 2.45) is 5.84 Å². The fourth-order valence-corrected chi connectivity index (χ4v) is 1.88. The quantitative estimate of drug-likeness (QED) is 0.520. The molecule has 0 aliphatic carbocycles. The fraction of sp³-hybridized carbons (Fsp3) is 0.214. The van der Waals surface area contributed by atoms with E-state index in [1.165, 1.54) is 12.1 Å². The summed E-state index contributed by atoms with van der Waals surface area (Å²) in [5.74, 6) is 5.00. The van der Waals surface area contributed by atoms with Crippen molar-refractivity contribution in [1.82, 2.24) is 10.4 Å². The fourth-order valence-electron chi connectivity index (χ4n) is 1.88. The molecular formula is C14H13F4N3. The van der Waals surface area contributed by atoms with Gasteiger partial charge in [-0.2, -0.15) is 13.2 Å². The lowest BCUT2D eigenvalue weighted by molar-refractivity contribution is -0.137. The van der Waals surface area contributed by atoms with Crippen molar-refractivity contribution >= 4 is 0 Å². The summed E-state index contributed by atoms with van der Waals surface area (Å²) in [5, 5.41) is 0. The molecule has 2 rings (SSSR count). The number of nitrogens with one attached hydrogen (secondary N) is 1. The molecule has 1 aromatic carbocycles. The Balaban J connectivity index is 2.35. The van der Waals surface area contributed by atoms with Crippen LogP contribution in [0, 0.1) is 12.7 Å². The number of hydrogen-bond acceptors (Lipinski definition) is 3. The van der Waals surface area contributed by atoms with Gasteiger partial charge in [0.25, 0.3) is 0 Å². The first-order valence-electron chi connectivity index (χ1n) is 6.08. The first kappa shape index (κ1) is 15.4. The van der Waals surface area contributed by atoms with Crippen LogP contribution in [0.15, 0.2) is 36.5 Å². The third-order valence-corrected chi connectivity index (χ3v) is 3.11. The molecule has 7 heteroatoms. The number of aromatic nitrogens is 1. The predicted octanol–water partition coefficient (Wildman–Crippen LogP) is 3.10. The molecule has 112 valence electrons. The van der Waals surface area contributed by atoms with E-state index in [1.807, 2.05) is 0 Å². The number of aryl methyl sites for hydroxylation is 1. The summed E-state index contributed by atoms with van der Waals surface area (Å²) in [6, 6.07) is 5.92. The zero-order chi connectivity index (χ0) is 15.6. The topological polar surface area (TPSA) is 50.9 Å². The van der Waals surface area contributed by atoms with E-state index >= 15 is 0 Å². The zero-order valence-electron chi connectivity index (χ0n) is 11.1. The Bertz CT molecular complexity index is 623. The number of nitrogens with zero attached hydrogens (tertiary/aromatic N) is 1. The van der Waals surface area contributed by atoms with Gasteiger partial charge in [0, 0.05) is 6.20 Å². The molecule has 3 N–H and O–H groups in total. The molecule has 0 aliphatic rings. The number of rotatable bonds is 3. The van der Waals surface area contributed by atoms with Crippen LogP contribution in [0.1, 0.15) is 28.4 Å². The molecule has 0 radical (unpaired) electrons. The second-order valence-electron chi connectivity index (χ2n) is 4.58. The zero-order valence-corrected chi connectivity index (χ0v) is 11.1. The molecule has 21 heavy (non-hydrogen) atoms. The summed E-state index contributed by atoms with van der Waals surface area (Å²) >= 11 is 0. The van der Waals surface area contributed by atoms with Crippen LogP contribution in [-0.4, -0.2) is 4.98 Å². The standard InChI is InChI=1S/C14H13F4N3/c1-8-2-3-9(6-11(8)15)13(21-19)12-5-4-10(7-20-12)14(16,17)18/h2-7,13,21H,19H2,1H3. The second kappa shape index (κ2) is 5.79. The molecule has 3 nitrogen and oxygen atoms in total. The number of halogens is 4. The van der Waals surface area contributed by atoms with E-state index in [-0.39, 0.29) is 5.69 Å². The Morgan fingerprint density at radius 3 is 2.38 bits per heavy atom. The normalized spacial score (nSPS) is 13.2. The van der Waals surface area contributed by atoms with Gasteiger partial charge in [0.15, 0.2) is 0 Å². The minimum absolute atomic E-state index is 0.272. The van der Waals surface area contributed by atoms with Gasteiger partial charge >= 0.3 is 6.18 Å². The second-order valence-corrected chi connectivity index (χ2v) is 4.58. The third kappa shape index (κ3) is 3.37. The van der Waals surface area contributed by atoms with Gasteiger partial charge in [0.2, 0.25) is 0 Å². The highest BCUT2D eigenvalue weighted by Gasteiger charge is 2.31. The number of alkyl halides is 3. The van der Waals surface area contributed by atoms with E-state index in [2.05, 4.69) is 10.4 Å². The maximum atomic E-state index is 13.6. The monoisotopic (exact) mass is 299 g/mol. The number of pyridine rings is 1. The van der Waals surface area contributed by atoms with Gasteiger partial charge in [-0.15, -0.1) is 0 Å². The summed E-state index contributed by atoms with van der Waals surface area (Å²) in [5.41, 5.74) is 2.80. The Morgan fingerprint density at radius 2 is 1.90 bits per heavy atom. The largest absolute Gasteiger partial charge is 0.417 e. The van der Waals surface area contributed by atoms with Gasteiger partial charge in [-0.25, -0.2) is 9.82 Å². The highest BCUT2D eigenvalue weighted by molar-refractivity contribution is 5.32. The van der Waals surface area contributed by atoms with E-state index in [0.717, 1.165) is 12.3 Å². The molecule has 0 saturated carbocycles. The lowest BCUT2D eigenvalue weighted by Crippen LogP contribution is -2.29. The van der Waals surface area contributed by atoms with Gasteiger partial charge in [0.1, 0.15) is 5.82 Å². The summed E-state index contributed by atoms with van der Waals surface area (Å²) in [4.78, 5) is 3.76. The van der Waals surface area contributed by atoms with Gasteiger partial charge in [-0.1, -0.05) is 12.1 Å². The molecule has 0 fully saturated rings. The molecule has 1 heterocycles. The number of hydrogen-bond donors (Lipinski definition) is 2. The summed E-state index contributed by atoms with van der Waals surface area (Å²) in [6.07, 6.45) is -3.72. The summed E-state index contributed by atoms with van der Waals surface area (Å²) < 4.78 is 51.1. The van der Waals surface area contributed by atoms with Gasteiger partial charge in [-0.05, 0) is 36.2 Å². The molecule has 0 amide bonds. The summed E-state index contributed by atoms with van der Waals surface area (Å²) in [6.45, 7) is 1.61. The molecule has 0 aliphatic heterocycles. The van der Waals surface area contributed by atoms with Crippen LogP contribution >= 0.6 is 0 Å². The van der Waals surface area contributed by atoms with Crippen molar-refractivity contribution in [2.75, 3.05) is 0 Å². The minimum Gasteiger partial charge on any atom is -0.271 e. The smallest absolute Gasteiger partial charge is 0.271 e. The molecular weight excluding hydrogens is 286 g/mol. The van der Waals surface area contributed by atoms with Crippen LogP contribution in [0.3, 0.4) is 0 Å². The molecule has 2 aromatic rings. The number of hydrazine groups is 1. The van der Waals surface area contributed by atoms with Crippen LogP contribution in [0.25, 0.3) is 0 Å². The minimum atomic E-state index is -4.45. The maximum absolute atomic E-state index is 13.6. The average Bonchev–Trinajstić information content (AvgIpc) is 2.43. The maximum Gasteiger partial charge on any atom is 0.417 e. The molecule has 1 aromatic heterocycles. The van der Waals surface area contributed by atoms with Crippen molar-refractivity contribution in [2.45, 2.75) is 19.1 Å². The molecule has 0 saturated heterocycles. The average molecular weight is 299 g/mol. The SMILES string of the molecule is Cc1ccc(C(NN)c2ccc(C(F)(F)F)cn2)cc1F. The van der Waals surface area contributed by atoms with E-state index in [4.69, 9.17) is 5.84 Å². The predicted molar refractivity (Wildman–Crippen MR) is 69.5 cm³/mol. The van der Waals surface area contributed by atoms with Crippen LogP contribution in [-0.2, 0) is 6.18 Å². The Labute approximate surface area is 118 Å². The third-order valence-electron chi connectivity index (χ3n) is 3.11. The Morgan fingerprint density at radius 1 is 1.19 bits per heavy atom. The molecule has 0 bridgehead atoms. The highest BCUT2D eigenvalue weighted by Crippen LogP contribution is 2.29. The lowest BCUT2D eigenvalue weighted by Gasteiger charge is -2.17. The lowest BCUT2D eigenvalue weighted by atomic mass is 10.0. The van der Waals surface area contributed by atoms with Crippen molar-refractivity contribution in [3.8, 4) is 0 Å². The van der Waals surface area contributed by atoms with Gasteiger partial charge in [-0.3, -0.25) is 10.8 Å². The summed E-state index contributed by atoms with van der Waals surface area (Å²) in [7, 11) is 0. The van der Waals surface area contributed by atoms with Crippen molar-refractivity contribution in [3.05, 3.63) is 64.7 Å². The van der Waals surface area contributed by atoms with Crippen molar-refractivity contribution in [3.63, 3.8) is 0 Å². The van der Waals surface area contributed by atoms with Crippen molar-refractivity contribution in [1.29, 1.82) is 0 Å². The Hall–Kier alpha value is -1.99.